The van der Waals surface area contributed by atoms with Crippen molar-refractivity contribution in [2.75, 3.05) is 0 Å². The highest BCUT2D eigenvalue weighted by molar-refractivity contribution is 7.07. The van der Waals surface area contributed by atoms with Crippen LogP contribution in [0.1, 0.15) is 47.6 Å². The molecule has 0 fully saturated rings. The Hall–Kier alpha value is -3.18. The van der Waals surface area contributed by atoms with Crippen LogP contribution in [0.2, 0.25) is 10.0 Å². The first-order valence-electron chi connectivity index (χ1n) is 12.3. The lowest BCUT2D eigenvalue weighted by atomic mass is 9.84. The van der Waals surface area contributed by atoms with Crippen LogP contribution >= 0.6 is 34.5 Å². The maximum Gasteiger partial charge on any atom is 0.271 e. The average Bonchev–Trinajstić information content (AvgIpc) is 3.21. The Kier molecular flexibility index (Phi) is 6.49. The van der Waals surface area contributed by atoms with E-state index in [2.05, 4.69) is 19.1 Å². The van der Waals surface area contributed by atoms with Crippen molar-refractivity contribution in [2.45, 2.75) is 32.2 Å². The summed E-state index contributed by atoms with van der Waals surface area (Å²) in [4.78, 5) is 19.7. The molecule has 1 aromatic heterocycles. The molecule has 3 nitrogen and oxygen atoms in total. The fourth-order valence-corrected chi connectivity index (χ4v) is 6.40. The first-order chi connectivity index (χ1) is 18.0. The van der Waals surface area contributed by atoms with Crippen molar-refractivity contribution in [1.82, 2.24) is 4.57 Å². The minimum atomic E-state index is -0.212. The van der Waals surface area contributed by atoms with Gasteiger partial charge in [0.25, 0.3) is 5.56 Å². The minimum Gasteiger partial charge on any atom is -0.272 e. The molecule has 6 heteroatoms. The van der Waals surface area contributed by atoms with Gasteiger partial charge in [0.05, 0.1) is 16.3 Å². The number of aryl methyl sites for hydroxylation is 1. The van der Waals surface area contributed by atoms with E-state index in [0.717, 1.165) is 57.0 Å². The number of halogens is 2. The summed E-state index contributed by atoms with van der Waals surface area (Å²) >= 11 is 13.8. The Labute approximate surface area is 229 Å². The molecule has 0 amide bonds. The average molecular weight is 544 g/mol. The fraction of sp³-hybridized carbons (Fsp3) is 0.161. The Balaban J connectivity index is 1.58. The number of rotatable bonds is 3. The third-order valence-electron chi connectivity index (χ3n) is 7.00. The van der Waals surface area contributed by atoms with E-state index in [1.165, 1.54) is 22.5 Å². The maximum absolute atomic E-state index is 13.9. The van der Waals surface area contributed by atoms with Gasteiger partial charge in [-0.25, -0.2) is 4.99 Å². The van der Waals surface area contributed by atoms with Crippen LogP contribution < -0.4 is 14.9 Å². The Morgan fingerprint density at radius 2 is 1.62 bits per heavy atom. The molecular weight excluding hydrogens is 519 g/mol. The molecular formula is C31H24Cl2N2OS. The molecule has 1 aliphatic heterocycles. The van der Waals surface area contributed by atoms with Gasteiger partial charge in [0.2, 0.25) is 0 Å². The third kappa shape index (κ3) is 4.66. The molecule has 0 saturated heterocycles. The van der Waals surface area contributed by atoms with Gasteiger partial charge in [-0.05, 0) is 96.0 Å². The summed E-state index contributed by atoms with van der Waals surface area (Å²) in [6.07, 6.45) is 7.04. The minimum absolute atomic E-state index is 0.00712. The molecule has 4 aromatic rings. The van der Waals surface area contributed by atoms with E-state index in [1.54, 1.807) is 0 Å². The first kappa shape index (κ1) is 24.2. The molecule has 0 spiro atoms. The highest BCUT2D eigenvalue weighted by Crippen LogP contribution is 2.41. The molecule has 2 heterocycles. The van der Waals surface area contributed by atoms with Crippen LogP contribution in [0, 0.1) is 6.92 Å². The van der Waals surface area contributed by atoms with Gasteiger partial charge in [-0.1, -0.05) is 83.1 Å². The van der Waals surface area contributed by atoms with Crippen LogP contribution in [0.15, 0.2) is 99.4 Å². The van der Waals surface area contributed by atoms with Gasteiger partial charge in [-0.3, -0.25) is 9.36 Å². The van der Waals surface area contributed by atoms with Gasteiger partial charge in [0.1, 0.15) is 0 Å². The van der Waals surface area contributed by atoms with Crippen molar-refractivity contribution in [3.63, 3.8) is 0 Å². The van der Waals surface area contributed by atoms with Crippen molar-refractivity contribution >= 4 is 46.7 Å². The molecule has 0 radical (unpaired) electrons. The lowest BCUT2D eigenvalue weighted by Gasteiger charge is -2.31. The van der Waals surface area contributed by atoms with Gasteiger partial charge < -0.3 is 0 Å². The number of aromatic nitrogens is 1. The predicted octanol–water partition coefficient (Wildman–Crippen LogP) is 7.10. The summed E-state index contributed by atoms with van der Waals surface area (Å²) < 4.78 is 2.57. The summed E-state index contributed by atoms with van der Waals surface area (Å²) in [7, 11) is 0. The van der Waals surface area contributed by atoms with Crippen LogP contribution in [-0.2, 0) is 0 Å². The van der Waals surface area contributed by atoms with E-state index >= 15 is 0 Å². The summed E-state index contributed by atoms with van der Waals surface area (Å²) in [6, 6.07) is 23.6. The number of nitrogens with zero attached hydrogens (tertiary/aromatic N) is 2. The molecule has 1 atom stereocenters. The number of fused-ring (bicyclic) bond motifs is 1. The Morgan fingerprint density at radius 3 is 2.35 bits per heavy atom. The fourth-order valence-electron chi connectivity index (χ4n) is 5.15. The largest absolute Gasteiger partial charge is 0.272 e. The van der Waals surface area contributed by atoms with E-state index in [4.69, 9.17) is 28.2 Å². The summed E-state index contributed by atoms with van der Waals surface area (Å²) in [6.45, 7) is 2.06. The second-order valence-electron chi connectivity index (χ2n) is 9.44. The van der Waals surface area contributed by atoms with Crippen molar-refractivity contribution in [1.29, 1.82) is 0 Å². The Bertz CT molecular complexity index is 1740. The second kappa shape index (κ2) is 9.94. The normalized spacial score (nSPS) is 18.5. The van der Waals surface area contributed by atoms with Crippen LogP contribution in [0.3, 0.4) is 0 Å². The number of thiazole rings is 1. The van der Waals surface area contributed by atoms with Crippen molar-refractivity contribution < 1.29 is 0 Å². The van der Waals surface area contributed by atoms with Gasteiger partial charge in [0.15, 0.2) is 4.80 Å². The quantitative estimate of drug-likeness (QED) is 0.272. The molecule has 37 heavy (non-hydrogen) atoms. The third-order valence-corrected chi connectivity index (χ3v) is 8.49. The zero-order valence-electron chi connectivity index (χ0n) is 20.2. The lowest BCUT2D eigenvalue weighted by Crippen LogP contribution is -2.39. The summed E-state index contributed by atoms with van der Waals surface area (Å²) in [5, 5.41) is 1.40. The van der Waals surface area contributed by atoms with Crippen LogP contribution in [-0.4, -0.2) is 4.57 Å². The van der Waals surface area contributed by atoms with Crippen molar-refractivity contribution in [3.05, 3.63) is 142 Å². The lowest BCUT2D eigenvalue weighted by molar-refractivity contribution is 0.553. The molecule has 2 aliphatic rings. The smallest absolute Gasteiger partial charge is 0.271 e. The van der Waals surface area contributed by atoms with E-state index < -0.39 is 0 Å². The number of hydrogen-bond acceptors (Lipinski definition) is 3. The monoisotopic (exact) mass is 542 g/mol. The maximum atomic E-state index is 13.9. The van der Waals surface area contributed by atoms with Crippen molar-refractivity contribution in [3.8, 4) is 0 Å². The number of hydrogen-bond donors (Lipinski definition) is 0. The zero-order valence-corrected chi connectivity index (χ0v) is 22.6. The number of benzene rings is 3. The molecule has 0 bridgehead atoms. The van der Waals surface area contributed by atoms with E-state index in [1.807, 2.05) is 77.4 Å². The van der Waals surface area contributed by atoms with Gasteiger partial charge >= 0.3 is 0 Å². The van der Waals surface area contributed by atoms with Gasteiger partial charge in [-0.15, -0.1) is 0 Å². The highest BCUT2D eigenvalue weighted by atomic mass is 35.5. The number of allylic oxidation sites excluding steroid dienone is 2. The molecule has 3 aromatic carbocycles. The molecule has 0 unspecified atom stereocenters. The highest BCUT2D eigenvalue weighted by Gasteiger charge is 2.32. The molecule has 1 aliphatic carbocycles. The molecule has 6 rings (SSSR count). The molecule has 0 N–H and O–H groups in total. The second-order valence-corrected chi connectivity index (χ2v) is 11.3. The standard InChI is InChI=1S/C31H24Cl2N2OS/c1-19-5-2-3-6-22(19)18-27-30(36)35-29(21-11-15-25(33)16-12-21)26-8-4-7-23(28(26)34-31(35)37-27)17-20-9-13-24(32)14-10-20/h2-3,5-6,9-18,29H,4,7-8H2,1H3/b23-17+,27-18+/t29-/m1/s1. The molecule has 184 valence electrons. The summed E-state index contributed by atoms with van der Waals surface area (Å²) in [5.74, 6) is 0. The van der Waals surface area contributed by atoms with E-state index in [9.17, 15) is 4.79 Å². The van der Waals surface area contributed by atoms with Gasteiger partial charge in [0, 0.05) is 10.0 Å². The van der Waals surface area contributed by atoms with Crippen LogP contribution in [0.4, 0.5) is 0 Å². The van der Waals surface area contributed by atoms with Crippen LogP contribution in [0.25, 0.3) is 12.2 Å². The van der Waals surface area contributed by atoms with E-state index in [-0.39, 0.29) is 11.6 Å². The zero-order chi connectivity index (χ0) is 25.5. The first-order valence-corrected chi connectivity index (χ1v) is 13.9. The van der Waals surface area contributed by atoms with Crippen LogP contribution in [0.5, 0.6) is 0 Å². The topological polar surface area (TPSA) is 34.4 Å². The van der Waals surface area contributed by atoms with Gasteiger partial charge in [-0.2, -0.15) is 0 Å². The Morgan fingerprint density at radius 1 is 0.919 bits per heavy atom. The predicted molar refractivity (Wildman–Crippen MR) is 154 cm³/mol. The van der Waals surface area contributed by atoms with E-state index in [0.29, 0.717) is 9.55 Å². The molecule has 0 saturated carbocycles. The summed E-state index contributed by atoms with van der Waals surface area (Å²) in [5.41, 5.74) is 7.69. The SMILES string of the molecule is Cc1ccccc1/C=c1/sc2n(c1=O)[C@H](c1ccc(Cl)cc1)C1=C(N=2)/C(=C/c2ccc(Cl)cc2)CCC1. The van der Waals surface area contributed by atoms with Crippen molar-refractivity contribution in [2.24, 2.45) is 4.99 Å².